The predicted octanol–water partition coefficient (Wildman–Crippen LogP) is 3.62. The molecule has 0 aliphatic heterocycles. The Bertz CT molecular complexity index is 612. The highest BCUT2D eigenvalue weighted by Gasteiger charge is 2.02. The van der Waals surface area contributed by atoms with Gasteiger partial charge in [0.1, 0.15) is 5.82 Å². The Labute approximate surface area is 148 Å². The van der Waals surface area contributed by atoms with E-state index in [4.69, 9.17) is 0 Å². The van der Waals surface area contributed by atoms with Crippen molar-refractivity contribution < 1.29 is 4.39 Å². The van der Waals surface area contributed by atoms with Gasteiger partial charge in [-0.05, 0) is 18.6 Å². The maximum Gasteiger partial charge on any atom is 0.191 e. The van der Waals surface area contributed by atoms with Crippen molar-refractivity contribution in [2.24, 2.45) is 4.99 Å². The molecule has 0 amide bonds. The number of nitrogens with one attached hydrogen (secondary N) is 2. The Morgan fingerprint density at radius 1 is 1.00 bits per heavy atom. The lowest BCUT2D eigenvalue weighted by molar-refractivity contribution is 0.604. The van der Waals surface area contributed by atoms with Gasteiger partial charge < -0.3 is 10.6 Å². The van der Waals surface area contributed by atoms with Gasteiger partial charge in [0.05, 0.1) is 0 Å². The highest BCUT2D eigenvalue weighted by Crippen LogP contribution is 2.05. The lowest BCUT2D eigenvalue weighted by Gasteiger charge is -2.12. The van der Waals surface area contributed by atoms with Crippen molar-refractivity contribution in [3.05, 3.63) is 71.0 Å². The molecule has 2 aromatic carbocycles. The zero-order valence-corrected chi connectivity index (χ0v) is 15.1. The number of rotatable bonds is 4. The number of halogens is 2. The standard InChI is InChI=1S/C17H20FN3.HI/c1-13-7-9-14(10-8-13)11-20-17(19-2)21-12-15-5-3-4-6-16(15)18;/h3-10H,11-12H2,1-2H3,(H2,19,20,21);1H. The van der Waals surface area contributed by atoms with Gasteiger partial charge in [0, 0.05) is 25.7 Å². The quantitative estimate of drug-likeness (QED) is 0.457. The number of hydrogen-bond donors (Lipinski definition) is 2. The molecule has 0 heterocycles. The molecule has 2 rings (SSSR count). The number of aliphatic imine (C=N–C) groups is 1. The number of guanidine groups is 1. The van der Waals surface area contributed by atoms with Gasteiger partial charge in [0.2, 0.25) is 0 Å². The first-order valence-corrected chi connectivity index (χ1v) is 6.92. The molecule has 0 aliphatic rings. The first-order chi connectivity index (χ1) is 10.2. The SMILES string of the molecule is CN=C(NCc1ccc(C)cc1)NCc1ccccc1F.I. The van der Waals surface area contributed by atoms with Crippen LogP contribution >= 0.6 is 24.0 Å². The zero-order chi connectivity index (χ0) is 15.1. The maximum atomic E-state index is 13.5. The van der Waals surface area contributed by atoms with Crippen molar-refractivity contribution in [1.29, 1.82) is 0 Å². The van der Waals surface area contributed by atoms with Gasteiger partial charge in [-0.1, -0.05) is 48.0 Å². The first kappa shape index (κ1) is 18.4. The molecule has 0 aromatic heterocycles. The van der Waals surface area contributed by atoms with Crippen LogP contribution in [0.1, 0.15) is 16.7 Å². The fraction of sp³-hybridized carbons (Fsp3) is 0.235. The molecule has 2 N–H and O–H groups in total. The maximum absolute atomic E-state index is 13.5. The lowest BCUT2D eigenvalue weighted by atomic mass is 10.1. The minimum absolute atomic E-state index is 0. The molecule has 118 valence electrons. The second-order valence-corrected chi connectivity index (χ2v) is 4.86. The van der Waals surface area contributed by atoms with E-state index in [1.54, 1.807) is 19.2 Å². The second kappa shape index (κ2) is 9.40. The van der Waals surface area contributed by atoms with Gasteiger partial charge in [-0.3, -0.25) is 4.99 Å². The van der Waals surface area contributed by atoms with E-state index in [1.807, 2.05) is 6.07 Å². The molecule has 0 radical (unpaired) electrons. The van der Waals surface area contributed by atoms with Crippen molar-refractivity contribution in [3.63, 3.8) is 0 Å². The fourth-order valence-corrected chi connectivity index (χ4v) is 1.93. The van der Waals surface area contributed by atoms with Crippen LogP contribution in [0.4, 0.5) is 4.39 Å². The summed E-state index contributed by atoms with van der Waals surface area (Å²) in [5.41, 5.74) is 3.03. The summed E-state index contributed by atoms with van der Waals surface area (Å²) >= 11 is 0. The third kappa shape index (κ3) is 5.63. The largest absolute Gasteiger partial charge is 0.352 e. The topological polar surface area (TPSA) is 36.4 Å². The van der Waals surface area contributed by atoms with E-state index in [0.29, 0.717) is 24.6 Å². The summed E-state index contributed by atoms with van der Waals surface area (Å²) in [6, 6.07) is 15.0. The van der Waals surface area contributed by atoms with Gasteiger partial charge in [0.15, 0.2) is 5.96 Å². The Hall–Kier alpha value is -1.63. The first-order valence-electron chi connectivity index (χ1n) is 6.92. The van der Waals surface area contributed by atoms with E-state index in [0.717, 1.165) is 0 Å². The van der Waals surface area contributed by atoms with Crippen LogP contribution in [0.25, 0.3) is 0 Å². The van der Waals surface area contributed by atoms with Gasteiger partial charge in [-0.2, -0.15) is 0 Å². The second-order valence-electron chi connectivity index (χ2n) is 4.86. The Kier molecular flexibility index (Phi) is 7.87. The molecule has 22 heavy (non-hydrogen) atoms. The van der Waals surface area contributed by atoms with E-state index in [1.165, 1.54) is 17.2 Å². The molecule has 0 saturated carbocycles. The molecular formula is C17H21FIN3. The number of aryl methyl sites for hydroxylation is 1. The Balaban J connectivity index is 0.00000242. The minimum atomic E-state index is -0.209. The van der Waals surface area contributed by atoms with Crippen LogP contribution in [0.3, 0.4) is 0 Å². The molecule has 3 nitrogen and oxygen atoms in total. The highest BCUT2D eigenvalue weighted by atomic mass is 127. The molecule has 5 heteroatoms. The van der Waals surface area contributed by atoms with Crippen LogP contribution in [0.2, 0.25) is 0 Å². The summed E-state index contributed by atoms with van der Waals surface area (Å²) in [4.78, 5) is 4.14. The molecular weight excluding hydrogens is 392 g/mol. The van der Waals surface area contributed by atoms with Crippen LogP contribution in [-0.2, 0) is 13.1 Å². The molecule has 0 unspecified atom stereocenters. The molecule has 0 atom stereocenters. The summed E-state index contributed by atoms with van der Waals surface area (Å²) in [5.74, 6) is 0.442. The molecule has 0 spiro atoms. The molecule has 2 aromatic rings. The average Bonchev–Trinajstić information content (AvgIpc) is 2.51. The van der Waals surface area contributed by atoms with Crippen molar-refractivity contribution >= 4 is 29.9 Å². The Morgan fingerprint density at radius 2 is 1.64 bits per heavy atom. The summed E-state index contributed by atoms with van der Waals surface area (Å²) < 4.78 is 13.5. The molecule has 0 saturated heterocycles. The zero-order valence-electron chi connectivity index (χ0n) is 12.8. The lowest BCUT2D eigenvalue weighted by Crippen LogP contribution is -2.36. The Morgan fingerprint density at radius 3 is 2.27 bits per heavy atom. The molecule has 0 aliphatic carbocycles. The highest BCUT2D eigenvalue weighted by molar-refractivity contribution is 14.0. The van der Waals surface area contributed by atoms with Crippen LogP contribution in [-0.4, -0.2) is 13.0 Å². The third-order valence-electron chi connectivity index (χ3n) is 3.21. The van der Waals surface area contributed by atoms with E-state index < -0.39 is 0 Å². The van der Waals surface area contributed by atoms with E-state index in [-0.39, 0.29) is 29.8 Å². The van der Waals surface area contributed by atoms with Crippen LogP contribution in [0.5, 0.6) is 0 Å². The normalized spacial score (nSPS) is 10.8. The summed E-state index contributed by atoms with van der Waals surface area (Å²) in [6.45, 7) is 3.14. The monoisotopic (exact) mass is 413 g/mol. The van der Waals surface area contributed by atoms with Crippen molar-refractivity contribution in [1.82, 2.24) is 10.6 Å². The number of benzene rings is 2. The number of hydrogen-bond acceptors (Lipinski definition) is 1. The minimum Gasteiger partial charge on any atom is -0.352 e. The van der Waals surface area contributed by atoms with Crippen LogP contribution in [0.15, 0.2) is 53.5 Å². The van der Waals surface area contributed by atoms with E-state index >= 15 is 0 Å². The summed E-state index contributed by atoms with van der Waals surface area (Å²) in [6.07, 6.45) is 0. The third-order valence-corrected chi connectivity index (χ3v) is 3.21. The predicted molar refractivity (Wildman–Crippen MR) is 100 cm³/mol. The summed E-state index contributed by atoms with van der Waals surface area (Å²) in [5, 5.41) is 6.32. The fourth-order valence-electron chi connectivity index (χ4n) is 1.93. The van der Waals surface area contributed by atoms with Gasteiger partial charge in [0.25, 0.3) is 0 Å². The van der Waals surface area contributed by atoms with E-state index in [9.17, 15) is 4.39 Å². The van der Waals surface area contributed by atoms with Crippen LogP contribution < -0.4 is 10.6 Å². The van der Waals surface area contributed by atoms with Crippen molar-refractivity contribution in [2.75, 3.05) is 7.05 Å². The smallest absolute Gasteiger partial charge is 0.191 e. The van der Waals surface area contributed by atoms with Gasteiger partial charge >= 0.3 is 0 Å². The van der Waals surface area contributed by atoms with Gasteiger partial charge in [-0.25, -0.2) is 4.39 Å². The van der Waals surface area contributed by atoms with E-state index in [2.05, 4.69) is 46.8 Å². The van der Waals surface area contributed by atoms with Crippen molar-refractivity contribution in [3.8, 4) is 0 Å². The van der Waals surface area contributed by atoms with Crippen molar-refractivity contribution in [2.45, 2.75) is 20.0 Å². The number of nitrogens with zero attached hydrogens (tertiary/aromatic N) is 1. The molecule has 0 bridgehead atoms. The van der Waals surface area contributed by atoms with Gasteiger partial charge in [-0.15, -0.1) is 24.0 Å². The van der Waals surface area contributed by atoms with Crippen LogP contribution in [0, 0.1) is 12.7 Å². The summed E-state index contributed by atoms with van der Waals surface area (Å²) in [7, 11) is 1.70. The average molecular weight is 413 g/mol. The molecule has 0 fully saturated rings.